The van der Waals surface area contributed by atoms with E-state index in [1.165, 1.54) is 19.1 Å². The number of methoxy groups -OCH3 is 2. The van der Waals surface area contributed by atoms with E-state index in [2.05, 4.69) is 0 Å². The maximum atomic E-state index is 13.4. The fraction of sp³-hybridized carbons (Fsp3) is 0.316. The Labute approximate surface area is 158 Å². The molecule has 27 heavy (non-hydrogen) atoms. The maximum Gasteiger partial charge on any atom is 0.329 e. The van der Waals surface area contributed by atoms with Gasteiger partial charge in [-0.3, -0.25) is 9.80 Å². The number of para-hydroxylation sites is 1. The number of rotatable bonds is 4. The van der Waals surface area contributed by atoms with Crippen LogP contribution >= 0.6 is 0 Å². The third-order valence-electron chi connectivity index (χ3n) is 5.05. The van der Waals surface area contributed by atoms with Crippen molar-refractivity contribution in [3.05, 3.63) is 48.5 Å². The zero-order chi connectivity index (χ0) is 19.2. The lowest BCUT2D eigenvalue weighted by Gasteiger charge is -2.24. The molecule has 0 bridgehead atoms. The Morgan fingerprint density at radius 2 is 1.59 bits per heavy atom. The Kier molecular flexibility index (Phi) is 4.22. The van der Waals surface area contributed by atoms with Gasteiger partial charge in [0, 0.05) is 11.8 Å². The van der Waals surface area contributed by atoms with E-state index in [0.717, 1.165) is 0 Å². The second kappa shape index (κ2) is 6.45. The van der Waals surface area contributed by atoms with E-state index in [0.29, 0.717) is 22.9 Å². The molecular formula is C19H20N2O5S. The highest BCUT2D eigenvalue weighted by atomic mass is 32.2. The van der Waals surface area contributed by atoms with E-state index >= 15 is 0 Å². The van der Waals surface area contributed by atoms with Gasteiger partial charge in [-0.15, -0.1) is 0 Å². The quantitative estimate of drug-likeness (QED) is 0.752. The van der Waals surface area contributed by atoms with Gasteiger partial charge < -0.3 is 9.47 Å². The Morgan fingerprint density at radius 1 is 0.926 bits per heavy atom. The number of anilines is 2. The van der Waals surface area contributed by atoms with E-state index < -0.39 is 21.9 Å². The molecule has 2 atom stereocenters. The summed E-state index contributed by atoms with van der Waals surface area (Å²) in [7, 11) is -0.198. The molecular weight excluding hydrogens is 368 g/mol. The molecule has 4 rings (SSSR count). The van der Waals surface area contributed by atoms with Crippen molar-refractivity contribution in [3.63, 3.8) is 0 Å². The molecule has 2 aromatic rings. The molecule has 2 aliphatic rings. The van der Waals surface area contributed by atoms with Crippen LogP contribution in [0.1, 0.15) is 0 Å². The lowest BCUT2D eigenvalue weighted by atomic mass is 10.1. The number of amides is 2. The summed E-state index contributed by atoms with van der Waals surface area (Å²) in [6.45, 7) is 0. The minimum absolute atomic E-state index is 0.0545. The average Bonchev–Trinajstić information content (AvgIpc) is 3.10. The summed E-state index contributed by atoms with van der Waals surface area (Å²) in [6, 6.07) is 13.1. The molecule has 2 heterocycles. The predicted octanol–water partition coefficient (Wildman–Crippen LogP) is 2.32. The van der Waals surface area contributed by atoms with Crippen molar-refractivity contribution < 1.29 is 22.7 Å². The predicted molar refractivity (Wildman–Crippen MR) is 103 cm³/mol. The van der Waals surface area contributed by atoms with Gasteiger partial charge in [0.1, 0.15) is 11.5 Å². The van der Waals surface area contributed by atoms with Gasteiger partial charge in [-0.1, -0.05) is 18.2 Å². The van der Waals surface area contributed by atoms with E-state index in [1.54, 1.807) is 23.1 Å². The molecule has 0 saturated carbocycles. The average molecular weight is 388 g/mol. The van der Waals surface area contributed by atoms with Gasteiger partial charge in [0.25, 0.3) is 0 Å². The van der Waals surface area contributed by atoms with Gasteiger partial charge in [-0.05, 0) is 24.3 Å². The number of ether oxygens (including phenoxy) is 2. The third-order valence-corrected chi connectivity index (χ3v) is 6.75. The largest absolute Gasteiger partial charge is 0.497 e. The van der Waals surface area contributed by atoms with Crippen molar-refractivity contribution in [3.8, 4) is 11.5 Å². The number of fused-ring (bicyclic) bond motifs is 1. The first-order valence-corrected chi connectivity index (χ1v) is 10.4. The molecule has 2 fully saturated rings. The maximum absolute atomic E-state index is 13.4. The topological polar surface area (TPSA) is 76.2 Å². The summed E-state index contributed by atoms with van der Waals surface area (Å²) < 4.78 is 35.4. The van der Waals surface area contributed by atoms with Gasteiger partial charge >= 0.3 is 6.03 Å². The number of hydrogen-bond donors (Lipinski definition) is 0. The number of urea groups is 1. The molecule has 0 N–H and O–H groups in total. The van der Waals surface area contributed by atoms with Crippen LogP contribution in [0.15, 0.2) is 48.5 Å². The molecule has 2 aliphatic heterocycles. The van der Waals surface area contributed by atoms with E-state index in [4.69, 9.17) is 9.47 Å². The third kappa shape index (κ3) is 2.90. The highest BCUT2D eigenvalue weighted by Gasteiger charge is 2.55. The van der Waals surface area contributed by atoms with E-state index in [9.17, 15) is 13.2 Å². The van der Waals surface area contributed by atoms with Crippen LogP contribution in [0.2, 0.25) is 0 Å². The second-order valence-corrected chi connectivity index (χ2v) is 8.76. The van der Waals surface area contributed by atoms with Crippen LogP contribution in [-0.2, 0) is 9.84 Å². The molecule has 0 aromatic heterocycles. The first-order chi connectivity index (χ1) is 12.9. The highest BCUT2D eigenvalue weighted by Crippen LogP contribution is 2.42. The van der Waals surface area contributed by atoms with Gasteiger partial charge in [0.15, 0.2) is 9.84 Å². The fourth-order valence-electron chi connectivity index (χ4n) is 3.86. The van der Waals surface area contributed by atoms with Crippen LogP contribution in [-0.4, -0.2) is 52.3 Å². The van der Waals surface area contributed by atoms with Crippen LogP contribution in [0.25, 0.3) is 0 Å². The Hall–Kier alpha value is -2.74. The summed E-state index contributed by atoms with van der Waals surface area (Å²) in [5.74, 6) is 0.921. The Morgan fingerprint density at radius 3 is 2.22 bits per heavy atom. The van der Waals surface area contributed by atoms with E-state index in [-0.39, 0.29) is 17.5 Å². The SMILES string of the molecule is COc1ccc(OC)c(N2C(=O)N(c3ccccc3)[C@@H]3CS(=O)(=O)C[C@@H]32)c1. The highest BCUT2D eigenvalue weighted by molar-refractivity contribution is 7.91. The summed E-state index contributed by atoms with van der Waals surface area (Å²) in [5, 5.41) is 0. The van der Waals surface area contributed by atoms with Gasteiger partial charge in [-0.2, -0.15) is 0 Å². The van der Waals surface area contributed by atoms with Gasteiger partial charge in [0.2, 0.25) is 0 Å². The number of hydrogen-bond acceptors (Lipinski definition) is 5. The molecule has 142 valence electrons. The normalized spacial score (nSPS) is 23.4. The number of nitrogens with zero attached hydrogens (tertiary/aromatic N) is 2. The Bertz CT molecular complexity index is 977. The molecule has 0 aliphatic carbocycles. The summed E-state index contributed by atoms with van der Waals surface area (Å²) in [4.78, 5) is 16.5. The molecule has 0 unspecified atom stereocenters. The van der Waals surface area contributed by atoms with Crippen molar-refractivity contribution in [2.75, 3.05) is 35.5 Å². The molecule has 0 radical (unpaired) electrons. The fourth-order valence-corrected chi connectivity index (χ4v) is 5.78. The van der Waals surface area contributed by atoms with Crippen molar-refractivity contribution >= 4 is 27.2 Å². The van der Waals surface area contributed by atoms with Crippen molar-refractivity contribution in [1.29, 1.82) is 0 Å². The minimum Gasteiger partial charge on any atom is -0.497 e. The summed E-state index contributed by atoms with van der Waals surface area (Å²) >= 11 is 0. The molecule has 7 nitrogen and oxygen atoms in total. The number of carbonyl (C=O) groups excluding carboxylic acids is 1. The van der Waals surface area contributed by atoms with Crippen molar-refractivity contribution in [1.82, 2.24) is 0 Å². The van der Waals surface area contributed by atoms with Gasteiger partial charge in [-0.25, -0.2) is 13.2 Å². The second-order valence-electron chi connectivity index (χ2n) is 6.61. The van der Waals surface area contributed by atoms with Crippen LogP contribution in [0, 0.1) is 0 Å². The monoisotopic (exact) mass is 388 g/mol. The molecule has 2 saturated heterocycles. The summed E-state index contributed by atoms with van der Waals surface area (Å²) in [6.07, 6.45) is 0. The number of carbonyl (C=O) groups is 1. The van der Waals surface area contributed by atoms with Crippen LogP contribution in [0.5, 0.6) is 11.5 Å². The molecule has 0 spiro atoms. The first kappa shape index (κ1) is 17.7. The first-order valence-electron chi connectivity index (χ1n) is 8.55. The van der Waals surface area contributed by atoms with Crippen molar-refractivity contribution in [2.45, 2.75) is 12.1 Å². The number of sulfone groups is 1. The molecule has 8 heteroatoms. The zero-order valence-corrected chi connectivity index (χ0v) is 15.8. The smallest absolute Gasteiger partial charge is 0.329 e. The van der Waals surface area contributed by atoms with Crippen LogP contribution in [0.4, 0.5) is 16.2 Å². The number of benzene rings is 2. The zero-order valence-electron chi connectivity index (χ0n) is 15.0. The Balaban J connectivity index is 1.85. The lowest BCUT2D eigenvalue weighted by Crippen LogP contribution is -2.38. The minimum atomic E-state index is -3.25. The summed E-state index contributed by atoms with van der Waals surface area (Å²) in [5.41, 5.74) is 1.19. The van der Waals surface area contributed by atoms with Crippen molar-refractivity contribution in [2.24, 2.45) is 0 Å². The van der Waals surface area contributed by atoms with Gasteiger partial charge in [0.05, 0.1) is 43.5 Å². The molecule has 2 amide bonds. The molecule has 2 aromatic carbocycles. The lowest BCUT2D eigenvalue weighted by molar-refractivity contribution is 0.255. The standard InChI is InChI=1S/C19H20N2O5S/c1-25-14-8-9-18(26-2)15(10-14)21-17-12-27(23,24)11-16(17)20(19(21)22)13-6-4-3-5-7-13/h3-10,16-17H,11-12H2,1-2H3/t16-,17+/m1/s1. The van der Waals surface area contributed by atoms with Crippen LogP contribution in [0.3, 0.4) is 0 Å². The van der Waals surface area contributed by atoms with E-state index in [1.807, 2.05) is 30.3 Å². The van der Waals surface area contributed by atoms with Crippen LogP contribution < -0.4 is 19.3 Å².